The number of phenols is 1. The second-order valence-electron chi connectivity index (χ2n) is 5.63. The highest BCUT2D eigenvalue weighted by atomic mass is 19.1. The number of hydrogen-bond donors (Lipinski definition) is 2. The van der Waals surface area contributed by atoms with Gasteiger partial charge in [0.15, 0.2) is 0 Å². The molecule has 1 aliphatic heterocycles. The van der Waals surface area contributed by atoms with Gasteiger partial charge in [-0.05, 0) is 66.9 Å². The van der Waals surface area contributed by atoms with Crippen LogP contribution in [0.25, 0.3) is 5.57 Å². The molecule has 3 nitrogen and oxygen atoms in total. The Hall–Kier alpha value is -2.46. The van der Waals surface area contributed by atoms with E-state index in [4.69, 9.17) is 0 Å². The van der Waals surface area contributed by atoms with Gasteiger partial charge in [0.2, 0.25) is 0 Å². The third kappa shape index (κ3) is 4.77. The average molecular weight is 341 g/mol. The van der Waals surface area contributed by atoms with Crippen molar-refractivity contribution in [2.24, 2.45) is 0 Å². The summed E-state index contributed by atoms with van der Waals surface area (Å²) in [6, 6.07) is 12.2. The van der Waals surface area contributed by atoms with Gasteiger partial charge in [0.1, 0.15) is 5.75 Å². The van der Waals surface area contributed by atoms with E-state index in [-0.39, 0.29) is 11.3 Å². The number of benzene rings is 2. The third-order valence-corrected chi connectivity index (χ3v) is 4.10. The van der Waals surface area contributed by atoms with Crippen molar-refractivity contribution < 1.29 is 14.3 Å². The Balaban J connectivity index is 0.00000109. The van der Waals surface area contributed by atoms with Crippen LogP contribution >= 0.6 is 0 Å². The topological polar surface area (TPSA) is 49.3 Å². The molecule has 1 aliphatic rings. The molecule has 0 amide bonds. The minimum Gasteiger partial charge on any atom is -0.508 e. The van der Waals surface area contributed by atoms with Gasteiger partial charge in [-0.15, -0.1) is 0 Å². The number of rotatable bonds is 3. The number of carbonyl (C=O) groups excluding carboxylic acids is 1. The van der Waals surface area contributed by atoms with Crippen molar-refractivity contribution in [3.05, 3.63) is 70.8 Å². The van der Waals surface area contributed by atoms with Crippen molar-refractivity contribution in [2.75, 3.05) is 13.1 Å². The van der Waals surface area contributed by atoms with Crippen LogP contribution in [-0.2, 0) is 0 Å². The van der Waals surface area contributed by atoms with Crippen LogP contribution in [-0.4, -0.2) is 24.2 Å². The lowest BCUT2D eigenvalue weighted by atomic mass is 9.88. The van der Waals surface area contributed by atoms with Crippen LogP contribution in [0.4, 0.5) is 4.39 Å². The molecule has 1 saturated heterocycles. The standard InChI is InChI=1S/C19H18FNO2.C2H6/c20-19(23)15-6-4-13(5-7-15)18(14-8-10-21-11-9-14)16-2-1-3-17(22)12-16;1-2/h1-7,12,21-22H,8-11H2;1-2H3. The fourth-order valence-corrected chi connectivity index (χ4v) is 2.98. The Morgan fingerprint density at radius 1 is 0.960 bits per heavy atom. The van der Waals surface area contributed by atoms with Crippen molar-refractivity contribution in [1.82, 2.24) is 5.32 Å². The van der Waals surface area contributed by atoms with E-state index >= 15 is 0 Å². The molecule has 0 spiro atoms. The second kappa shape index (κ2) is 9.14. The molecule has 2 aromatic carbocycles. The number of nitrogens with one attached hydrogen (secondary N) is 1. The quantitative estimate of drug-likeness (QED) is 0.795. The zero-order valence-electron chi connectivity index (χ0n) is 14.7. The number of hydrogen-bond acceptors (Lipinski definition) is 3. The fraction of sp³-hybridized carbons (Fsp3) is 0.286. The summed E-state index contributed by atoms with van der Waals surface area (Å²) < 4.78 is 12.8. The molecule has 0 unspecified atom stereocenters. The first kappa shape index (κ1) is 18.9. The van der Waals surface area contributed by atoms with Crippen molar-refractivity contribution in [1.29, 1.82) is 0 Å². The van der Waals surface area contributed by atoms with E-state index in [0.717, 1.165) is 42.6 Å². The summed E-state index contributed by atoms with van der Waals surface area (Å²) in [5.41, 5.74) is 4.27. The summed E-state index contributed by atoms with van der Waals surface area (Å²) in [4.78, 5) is 10.8. The highest BCUT2D eigenvalue weighted by Gasteiger charge is 2.15. The summed E-state index contributed by atoms with van der Waals surface area (Å²) in [6.45, 7) is 5.83. The number of aromatic hydroxyl groups is 1. The number of halogens is 1. The Morgan fingerprint density at radius 3 is 2.12 bits per heavy atom. The van der Waals surface area contributed by atoms with E-state index in [9.17, 15) is 14.3 Å². The minimum atomic E-state index is -1.43. The maximum atomic E-state index is 12.8. The molecule has 3 rings (SSSR count). The molecule has 0 saturated carbocycles. The van der Waals surface area contributed by atoms with Crippen LogP contribution in [0.15, 0.2) is 54.1 Å². The Labute approximate surface area is 148 Å². The molecular weight excluding hydrogens is 317 g/mol. The molecule has 0 atom stereocenters. The van der Waals surface area contributed by atoms with E-state index in [1.165, 1.54) is 17.7 Å². The summed E-state index contributed by atoms with van der Waals surface area (Å²) >= 11 is 0. The zero-order valence-corrected chi connectivity index (χ0v) is 14.7. The van der Waals surface area contributed by atoms with Crippen LogP contribution in [0.5, 0.6) is 5.75 Å². The summed E-state index contributed by atoms with van der Waals surface area (Å²) in [5.74, 6) is 0.213. The van der Waals surface area contributed by atoms with Gasteiger partial charge in [0.05, 0.1) is 5.56 Å². The largest absolute Gasteiger partial charge is 0.508 e. The Kier molecular flexibility index (Phi) is 6.90. The van der Waals surface area contributed by atoms with Gasteiger partial charge in [-0.1, -0.05) is 43.7 Å². The monoisotopic (exact) mass is 341 g/mol. The normalized spacial score (nSPS) is 13.6. The molecule has 0 bridgehead atoms. The van der Waals surface area contributed by atoms with E-state index < -0.39 is 6.04 Å². The van der Waals surface area contributed by atoms with Crippen LogP contribution in [0, 0.1) is 0 Å². The summed E-state index contributed by atoms with van der Waals surface area (Å²) in [6.07, 6.45) is 1.85. The van der Waals surface area contributed by atoms with Gasteiger partial charge in [0, 0.05) is 0 Å². The Morgan fingerprint density at radius 2 is 1.56 bits per heavy atom. The number of piperidine rings is 1. The molecule has 4 heteroatoms. The van der Waals surface area contributed by atoms with Gasteiger partial charge < -0.3 is 10.4 Å². The zero-order chi connectivity index (χ0) is 18.2. The Bertz CT molecular complexity index is 743. The smallest absolute Gasteiger partial charge is 0.332 e. The number of carbonyl (C=O) groups is 1. The molecule has 2 aromatic rings. The van der Waals surface area contributed by atoms with E-state index in [0.29, 0.717) is 0 Å². The van der Waals surface area contributed by atoms with Crippen LogP contribution < -0.4 is 5.32 Å². The highest BCUT2D eigenvalue weighted by Crippen LogP contribution is 2.32. The molecule has 0 aliphatic carbocycles. The van der Waals surface area contributed by atoms with Crippen LogP contribution in [0.2, 0.25) is 0 Å². The highest BCUT2D eigenvalue weighted by molar-refractivity contribution is 5.90. The summed E-state index contributed by atoms with van der Waals surface area (Å²) in [7, 11) is 0. The third-order valence-electron chi connectivity index (χ3n) is 4.10. The molecule has 2 N–H and O–H groups in total. The first-order valence-corrected chi connectivity index (χ1v) is 8.67. The molecule has 1 fully saturated rings. The molecule has 1 heterocycles. The van der Waals surface area contributed by atoms with Crippen molar-refractivity contribution in [3.8, 4) is 5.75 Å². The maximum Gasteiger partial charge on any atom is 0.332 e. The SMILES string of the molecule is CC.O=C(F)c1ccc(C(=C2CCNCC2)c2cccc(O)c2)cc1. The van der Waals surface area contributed by atoms with Crippen LogP contribution in [0.3, 0.4) is 0 Å². The molecule has 0 aromatic heterocycles. The lowest BCUT2D eigenvalue weighted by Gasteiger charge is -2.21. The van der Waals surface area contributed by atoms with Crippen molar-refractivity contribution >= 4 is 11.6 Å². The molecule has 25 heavy (non-hydrogen) atoms. The van der Waals surface area contributed by atoms with Gasteiger partial charge in [0.25, 0.3) is 0 Å². The van der Waals surface area contributed by atoms with Gasteiger partial charge in [-0.25, -0.2) is 0 Å². The van der Waals surface area contributed by atoms with E-state index in [1.807, 2.05) is 26.0 Å². The van der Waals surface area contributed by atoms with Gasteiger partial charge in [-0.2, -0.15) is 4.39 Å². The van der Waals surface area contributed by atoms with E-state index in [1.54, 1.807) is 24.3 Å². The van der Waals surface area contributed by atoms with Crippen molar-refractivity contribution in [2.45, 2.75) is 26.7 Å². The molecular formula is C21H24FNO2. The predicted molar refractivity (Wildman–Crippen MR) is 99.5 cm³/mol. The average Bonchev–Trinajstić information content (AvgIpc) is 2.65. The van der Waals surface area contributed by atoms with Gasteiger partial charge in [-0.3, -0.25) is 4.79 Å². The first-order chi connectivity index (χ1) is 12.1. The summed E-state index contributed by atoms with van der Waals surface area (Å²) in [5, 5.41) is 13.1. The maximum absolute atomic E-state index is 12.8. The number of phenolic OH excluding ortho intramolecular Hbond substituents is 1. The van der Waals surface area contributed by atoms with Gasteiger partial charge >= 0.3 is 6.04 Å². The lowest BCUT2D eigenvalue weighted by Crippen LogP contribution is -2.23. The molecule has 0 radical (unpaired) electrons. The lowest BCUT2D eigenvalue weighted by molar-refractivity contribution is 0.0836. The van der Waals surface area contributed by atoms with E-state index in [2.05, 4.69) is 5.32 Å². The predicted octanol–water partition coefficient (Wildman–Crippen LogP) is 4.71. The second-order valence-corrected chi connectivity index (χ2v) is 5.63. The van der Waals surface area contributed by atoms with Crippen molar-refractivity contribution in [3.63, 3.8) is 0 Å². The minimum absolute atomic E-state index is 0.0549. The first-order valence-electron chi connectivity index (χ1n) is 8.67. The fourth-order valence-electron chi connectivity index (χ4n) is 2.98. The van der Waals surface area contributed by atoms with Crippen LogP contribution in [0.1, 0.15) is 48.2 Å². The molecule has 132 valence electrons.